The number of anilines is 1. The van der Waals surface area contributed by atoms with Gasteiger partial charge in [-0.15, -0.1) is 0 Å². The summed E-state index contributed by atoms with van der Waals surface area (Å²) in [5.74, 6) is 1.83. The molecule has 5 nitrogen and oxygen atoms in total. The van der Waals surface area contributed by atoms with E-state index in [1.165, 1.54) is 18.5 Å². The maximum Gasteiger partial charge on any atom is 0.193 e. The monoisotopic (exact) mass is 316 g/mol. The summed E-state index contributed by atoms with van der Waals surface area (Å²) in [6.07, 6.45) is 2.70. The van der Waals surface area contributed by atoms with Crippen LogP contribution in [0.25, 0.3) is 0 Å². The summed E-state index contributed by atoms with van der Waals surface area (Å²) in [5.41, 5.74) is 1.31. The normalized spacial score (nSPS) is 19.1. The molecule has 126 valence electrons. The highest BCUT2D eigenvalue weighted by molar-refractivity contribution is 5.80. The molecular formula is C18H28N4O. The van der Waals surface area contributed by atoms with Crippen molar-refractivity contribution in [2.75, 3.05) is 57.9 Å². The predicted molar refractivity (Wildman–Crippen MR) is 95.1 cm³/mol. The van der Waals surface area contributed by atoms with Gasteiger partial charge in [-0.3, -0.25) is 4.99 Å². The maximum atomic E-state index is 5.67. The first-order valence-corrected chi connectivity index (χ1v) is 8.70. The molecule has 0 radical (unpaired) electrons. The molecule has 0 bridgehead atoms. The Labute approximate surface area is 139 Å². The number of hydrogen-bond donors (Lipinski definition) is 1. The van der Waals surface area contributed by atoms with Crippen molar-refractivity contribution in [2.24, 2.45) is 10.9 Å². The lowest BCUT2D eigenvalue weighted by molar-refractivity contribution is 0.128. The summed E-state index contributed by atoms with van der Waals surface area (Å²) in [5, 5.41) is 3.42. The first kappa shape index (κ1) is 16.1. The van der Waals surface area contributed by atoms with Gasteiger partial charge in [0.1, 0.15) is 0 Å². The molecule has 1 aromatic carbocycles. The highest BCUT2D eigenvalue weighted by Gasteiger charge is 2.21. The fraction of sp³-hybridized carbons (Fsp3) is 0.611. The van der Waals surface area contributed by atoms with E-state index in [-0.39, 0.29) is 0 Å². The van der Waals surface area contributed by atoms with E-state index >= 15 is 0 Å². The van der Waals surface area contributed by atoms with Gasteiger partial charge in [0, 0.05) is 52.1 Å². The molecule has 1 saturated carbocycles. The van der Waals surface area contributed by atoms with Gasteiger partial charge in [-0.1, -0.05) is 18.2 Å². The minimum absolute atomic E-state index is 0.763. The Hall–Kier alpha value is -1.75. The van der Waals surface area contributed by atoms with Crippen molar-refractivity contribution in [3.8, 4) is 0 Å². The molecule has 1 heterocycles. The summed E-state index contributed by atoms with van der Waals surface area (Å²) in [6, 6.07) is 10.6. The number of para-hydroxylation sites is 1. The number of aliphatic imine (C=N–C) groups is 1. The van der Waals surface area contributed by atoms with Crippen LogP contribution in [0.15, 0.2) is 35.3 Å². The average Bonchev–Trinajstić information content (AvgIpc) is 3.43. The van der Waals surface area contributed by atoms with Gasteiger partial charge >= 0.3 is 0 Å². The molecule has 1 N–H and O–H groups in total. The molecular weight excluding hydrogens is 288 g/mol. The second-order valence-corrected chi connectivity index (χ2v) is 6.30. The van der Waals surface area contributed by atoms with Crippen LogP contribution in [0, 0.1) is 5.92 Å². The van der Waals surface area contributed by atoms with E-state index in [0.717, 1.165) is 57.8 Å². The topological polar surface area (TPSA) is 40.1 Å². The van der Waals surface area contributed by atoms with Gasteiger partial charge in [0.25, 0.3) is 0 Å². The van der Waals surface area contributed by atoms with Crippen LogP contribution in [-0.2, 0) is 4.74 Å². The van der Waals surface area contributed by atoms with E-state index in [4.69, 9.17) is 4.74 Å². The third-order valence-corrected chi connectivity index (χ3v) is 4.49. The fourth-order valence-corrected chi connectivity index (χ4v) is 2.92. The highest BCUT2D eigenvalue weighted by Crippen LogP contribution is 2.28. The second kappa shape index (κ2) is 8.20. The van der Waals surface area contributed by atoms with Gasteiger partial charge in [-0.2, -0.15) is 0 Å². The predicted octanol–water partition coefficient (Wildman–Crippen LogP) is 1.81. The molecule has 3 rings (SSSR count). The van der Waals surface area contributed by atoms with Crippen molar-refractivity contribution >= 4 is 11.6 Å². The molecule has 1 aromatic rings. The van der Waals surface area contributed by atoms with Crippen molar-refractivity contribution < 1.29 is 4.74 Å². The molecule has 5 heteroatoms. The van der Waals surface area contributed by atoms with Gasteiger partial charge < -0.3 is 19.9 Å². The van der Waals surface area contributed by atoms with Crippen molar-refractivity contribution in [1.82, 2.24) is 10.2 Å². The first-order valence-electron chi connectivity index (χ1n) is 8.70. The van der Waals surface area contributed by atoms with Gasteiger partial charge in [0.2, 0.25) is 0 Å². The van der Waals surface area contributed by atoms with Crippen LogP contribution in [0.2, 0.25) is 0 Å². The molecule has 0 unspecified atom stereocenters. The number of hydrogen-bond acceptors (Lipinski definition) is 3. The standard InChI is InChI=1S/C18H28N4O/c1-19-18(20-9-14-23-15-16-7-8-16)22-12-10-21(11-13-22)17-5-3-2-4-6-17/h2-6,16H,7-15H2,1H3,(H,19,20). The Balaban J connectivity index is 1.38. The number of rotatable bonds is 6. The zero-order chi connectivity index (χ0) is 15.9. The number of ether oxygens (including phenoxy) is 1. The Morgan fingerprint density at radius 3 is 2.57 bits per heavy atom. The van der Waals surface area contributed by atoms with Crippen molar-refractivity contribution in [3.63, 3.8) is 0 Å². The van der Waals surface area contributed by atoms with E-state index in [1.54, 1.807) is 0 Å². The molecule has 1 aliphatic heterocycles. The summed E-state index contributed by atoms with van der Waals surface area (Å²) in [7, 11) is 1.86. The average molecular weight is 316 g/mol. The molecule has 1 aliphatic carbocycles. The Morgan fingerprint density at radius 1 is 1.17 bits per heavy atom. The molecule has 23 heavy (non-hydrogen) atoms. The number of nitrogens with zero attached hydrogens (tertiary/aromatic N) is 3. The number of nitrogens with one attached hydrogen (secondary N) is 1. The van der Waals surface area contributed by atoms with Crippen LogP contribution in [0.5, 0.6) is 0 Å². The quantitative estimate of drug-likeness (QED) is 0.494. The second-order valence-electron chi connectivity index (χ2n) is 6.30. The highest BCUT2D eigenvalue weighted by atomic mass is 16.5. The Kier molecular flexibility index (Phi) is 5.75. The van der Waals surface area contributed by atoms with Crippen LogP contribution in [0.3, 0.4) is 0 Å². The molecule has 0 spiro atoms. The minimum Gasteiger partial charge on any atom is -0.379 e. The van der Waals surface area contributed by atoms with E-state index in [0.29, 0.717) is 0 Å². The number of piperazine rings is 1. The van der Waals surface area contributed by atoms with Gasteiger partial charge in [-0.25, -0.2) is 0 Å². The van der Waals surface area contributed by atoms with Crippen molar-refractivity contribution in [3.05, 3.63) is 30.3 Å². The molecule has 1 saturated heterocycles. The van der Waals surface area contributed by atoms with Crippen molar-refractivity contribution in [1.29, 1.82) is 0 Å². The minimum atomic E-state index is 0.763. The van der Waals surface area contributed by atoms with Crippen LogP contribution >= 0.6 is 0 Å². The SMILES string of the molecule is CN=C(NCCOCC1CC1)N1CCN(c2ccccc2)CC1. The lowest BCUT2D eigenvalue weighted by atomic mass is 10.2. The van der Waals surface area contributed by atoms with E-state index in [2.05, 4.69) is 50.4 Å². The first-order chi connectivity index (χ1) is 11.4. The third kappa shape index (κ3) is 4.86. The number of guanidine groups is 1. The number of benzene rings is 1. The molecule has 0 atom stereocenters. The van der Waals surface area contributed by atoms with Gasteiger partial charge in [0.15, 0.2) is 5.96 Å². The van der Waals surface area contributed by atoms with E-state index < -0.39 is 0 Å². The zero-order valence-electron chi connectivity index (χ0n) is 14.1. The lowest BCUT2D eigenvalue weighted by Crippen LogP contribution is -2.53. The van der Waals surface area contributed by atoms with Crippen LogP contribution in [0.1, 0.15) is 12.8 Å². The Bertz CT molecular complexity index is 493. The third-order valence-electron chi connectivity index (χ3n) is 4.49. The molecule has 0 aromatic heterocycles. The van der Waals surface area contributed by atoms with Gasteiger partial charge in [0.05, 0.1) is 6.61 Å². The van der Waals surface area contributed by atoms with Crippen LogP contribution < -0.4 is 10.2 Å². The summed E-state index contributed by atoms with van der Waals surface area (Å²) in [6.45, 7) is 6.58. The largest absolute Gasteiger partial charge is 0.379 e. The van der Waals surface area contributed by atoms with Gasteiger partial charge in [-0.05, 0) is 30.9 Å². The molecule has 2 fully saturated rings. The van der Waals surface area contributed by atoms with E-state index in [1.807, 2.05) is 7.05 Å². The van der Waals surface area contributed by atoms with Crippen LogP contribution in [-0.4, -0.2) is 63.8 Å². The summed E-state index contributed by atoms with van der Waals surface area (Å²) >= 11 is 0. The summed E-state index contributed by atoms with van der Waals surface area (Å²) in [4.78, 5) is 9.18. The summed E-state index contributed by atoms with van der Waals surface area (Å²) < 4.78 is 5.67. The lowest BCUT2D eigenvalue weighted by Gasteiger charge is -2.37. The van der Waals surface area contributed by atoms with Crippen molar-refractivity contribution in [2.45, 2.75) is 12.8 Å². The van der Waals surface area contributed by atoms with Crippen LogP contribution in [0.4, 0.5) is 5.69 Å². The maximum absolute atomic E-state index is 5.67. The van der Waals surface area contributed by atoms with E-state index in [9.17, 15) is 0 Å². The molecule has 0 amide bonds. The fourth-order valence-electron chi connectivity index (χ4n) is 2.92. The zero-order valence-corrected chi connectivity index (χ0v) is 14.1. The smallest absolute Gasteiger partial charge is 0.193 e. The molecule has 2 aliphatic rings. The Morgan fingerprint density at radius 2 is 1.91 bits per heavy atom.